The van der Waals surface area contributed by atoms with Gasteiger partial charge in [-0.15, -0.1) is 11.3 Å². The first kappa shape index (κ1) is 16.0. The van der Waals surface area contributed by atoms with Gasteiger partial charge in [-0.1, -0.05) is 15.9 Å². The Balaban J connectivity index is 2.28. The van der Waals surface area contributed by atoms with E-state index in [0.717, 1.165) is 23.3 Å². The Morgan fingerprint density at radius 3 is 2.40 bits per heavy atom. The second kappa shape index (κ2) is 7.06. The van der Waals surface area contributed by atoms with Gasteiger partial charge in [0.15, 0.2) is 6.04 Å². The molecular weight excluding hydrogens is 474 g/mol. The number of ether oxygens (including phenoxy) is 1. The first-order valence-electron chi connectivity index (χ1n) is 5.56. The molecule has 1 unspecified atom stereocenters. The number of benzene rings is 1. The third-order valence-corrected chi connectivity index (χ3v) is 6.39. The van der Waals surface area contributed by atoms with Crippen LogP contribution >= 0.6 is 59.1 Å². The highest BCUT2D eigenvalue weighted by Gasteiger charge is 2.24. The van der Waals surface area contributed by atoms with Gasteiger partial charge in [0.05, 0.1) is 10.9 Å². The van der Waals surface area contributed by atoms with Crippen LogP contribution in [0.1, 0.15) is 10.9 Å². The Labute approximate surface area is 146 Å². The highest BCUT2D eigenvalue weighted by atomic mass is 79.9. The van der Waals surface area contributed by atoms with Gasteiger partial charge in [-0.2, -0.15) is 0 Å². The van der Waals surface area contributed by atoms with E-state index in [-0.39, 0.29) is 5.97 Å². The van der Waals surface area contributed by atoms with Gasteiger partial charge in [-0.05, 0) is 62.2 Å². The molecule has 1 aromatic heterocycles. The van der Waals surface area contributed by atoms with E-state index in [0.29, 0.717) is 0 Å². The van der Waals surface area contributed by atoms with Crippen LogP contribution in [0.2, 0.25) is 0 Å². The smallest absolute Gasteiger partial charge is 0.333 e. The van der Waals surface area contributed by atoms with Crippen molar-refractivity contribution in [1.82, 2.24) is 0 Å². The Morgan fingerprint density at radius 2 is 1.90 bits per heavy atom. The maximum absolute atomic E-state index is 12.0. The van der Waals surface area contributed by atoms with E-state index in [1.165, 1.54) is 18.4 Å². The third kappa shape index (κ3) is 3.84. The zero-order chi connectivity index (χ0) is 14.7. The van der Waals surface area contributed by atoms with Crippen LogP contribution in [0.5, 0.6) is 0 Å². The molecule has 1 atom stereocenters. The van der Waals surface area contributed by atoms with Gasteiger partial charge in [-0.3, -0.25) is 0 Å². The van der Waals surface area contributed by atoms with Crippen molar-refractivity contribution in [2.45, 2.75) is 6.04 Å². The average molecular weight is 484 g/mol. The monoisotopic (exact) mass is 481 g/mol. The molecule has 2 aromatic rings. The normalized spacial score (nSPS) is 12.0. The van der Waals surface area contributed by atoms with Crippen LogP contribution in [0, 0.1) is 0 Å². The minimum atomic E-state index is -0.534. The average Bonchev–Trinajstić information content (AvgIpc) is 2.77. The molecule has 1 N–H and O–H groups in total. The summed E-state index contributed by atoms with van der Waals surface area (Å²) in [4.78, 5) is 12.9. The summed E-state index contributed by atoms with van der Waals surface area (Å²) in [5.74, 6) is -0.325. The SMILES string of the molecule is COC(=O)C(Nc1ccc(Br)cc1)c1cc(Br)c(Br)s1. The van der Waals surface area contributed by atoms with Gasteiger partial charge in [-0.25, -0.2) is 4.79 Å². The topological polar surface area (TPSA) is 38.3 Å². The Hall–Kier alpha value is -0.370. The lowest BCUT2D eigenvalue weighted by Crippen LogP contribution is -2.21. The standard InChI is InChI=1S/C13H10Br3NO2S/c1-19-13(18)11(10-6-9(15)12(16)20-10)17-8-4-2-7(14)3-5-8/h2-6,11,17H,1H3. The summed E-state index contributed by atoms with van der Waals surface area (Å²) in [7, 11) is 1.39. The molecule has 0 radical (unpaired) electrons. The number of anilines is 1. The molecule has 1 aromatic carbocycles. The molecule has 0 amide bonds. The lowest BCUT2D eigenvalue weighted by atomic mass is 10.2. The Kier molecular flexibility index (Phi) is 5.65. The van der Waals surface area contributed by atoms with E-state index in [9.17, 15) is 4.79 Å². The number of esters is 1. The van der Waals surface area contributed by atoms with Crippen LogP contribution in [0.25, 0.3) is 0 Å². The van der Waals surface area contributed by atoms with Crippen LogP contribution in [0.3, 0.4) is 0 Å². The fraction of sp³-hybridized carbons (Fsp3) is 0.154. The first-order chi connectivity index (χ1) is 9.51. The zero-order valence-electron chi connectivity index (χ0n) is 10.3. The number of carbonyl (C=O) groups excluding carboxylic acids is 1. The van der Waals surface area contributed by atoms with Crippen molar-refractivity contribution >= 4 is 70.8 Å². The molecule has 0 aliphatic heterocycles. The van der Waals surface area contributed by atoms with Gasteiger partial charge in [0.1, 0.15) is 0 Å². The van der Waals surface area contributed by atoms with Crippen molar-refractivity contribution in [3.05, 3.63) is 47.9 Å². The molecule has 0 spiro atoms. The molecule has 0 saturated heterocycles. The molecule has 0 aliphatic rings. The van der Waals surface area contributed by atoms with Gasteiger partial charge in [0.2, 0.25) is 0 Å². The lowest BCUT2D eigenvalue weighted by Gasteiger charge is -2.16. The summed E-state index contributed by atoms with van der Waals surface area (Å²) in [6.07, 6.45) is 0. The van der Waals surface area contributed by atoms with Gasteiger partial charge in [0, 0.05) is 19.5 Å². The molecule has 0 bridgehead atoms. The molecule has 3 nitrogen and oxygen atoms in total. The zero-order valence-corrected chi connectivity index (χ0v) is 15.9. The second-order valence-electron chi connectivity index (χ2n) is 3.88. The molecule has 1 heterocycles. The predicted octanol–water partition coefficient (Wildman–Crippen LogP) is 5.36. The van der Waals surface area contributed by atoms with Crippen LogP contribution in [0.15, 0.2) is 43.1 Å². The quantitative estimate of drug-likeness (QED) is 0.595. The highest BCUT2D eigenvalue weighted by molar-refractivity contribution is 9.13. The number of hydrogen-bond donors (Lipinski definition) is 1. The minimum Gasteiger partial charge on any atom is -0.467 e. The van der Waals surface area contributed by atoms with Crippen molar-refractivity contribution in [2.75, 3.05) is 12.4 Å². The van der Waals surface area contributed by atoms with Crippen LogP contribution in [-0.2, 0) is 9.53 Å². The van der Waals surface area contributed by atoms with E-state index in [1.54, 1.807) is 0 Å². The number of rotatable bonds is 4. The van der Waals surface area contributed by atoms with Crippen LogP contribution in [-0.4, -0.2) is 13.1 Å². The number of methoxy groups -OCH3 is 1. The Morgan fingerprint density at radius 1 is 1.25 bits per heavy atom. The number of hydrogen-bond acceptors (Lipinski definition) is 4. The molecule has 106 valence electrons. The molecule has 2 rings (SSSR count). The van der Waals surface area contributed by atoms with Crippen molar-refractivity contribution < 1.29 is 9.53 Å². The van der Waals surface area contributed by atoms with Gasteiger partial charge < -0.3 is 10.1 Å². The van der Waals surface area contributed by atoms with Crippen molar-refractivity contribution in [2.24, 2.45) is 0 Å². The van der Waals surface area contributed by atoms with Crippen molar-refractivity contribution in [3.8, 4) is 0 Å². The predicted molar refractivity (Wildman–Crippen MR) is 92.2 cm³/mol. The summed E-state index contributed by atoms with van der Waals surface area (Å²) >= 11 is 11.7. The number of halogens is 3. The minimum absolute atomic E-state index is 0.325. The van der Waals surface area contributed by atoms with Crippen LogP contribution < -0.4 is 5.32 Å². The van der Waals surface area contributed by atoms with Gasteiger partial charge >= 0.3 is 5.97 Å². The van der Waals surface area contributed by atoms with E-state index >= 15 is 0 Å². The lowest BCUT2D eigenvalue weighted by molar-refractivity contribution is -0.141. The van der Waals surface area contributed by atoms with Crippen molar-refractivity contribution in [3.63, 3.8) is 0 Å². The maximum Gasteiger partial charge on any atom is 0.333 e. The number of thiophene rings is 1. The third-order valence-electron chi connectivity index (χ3n) is 2.54. The van der Waals surface area contributed by atoms with Crippen LogP contribution in [0.4, 0.5) is 5.69 Å². The van der Waals surface area contributed by atoms with E-state index in [1.807, 2.05) is 30.3 Å². The summed E-state index contributed by atoms with van der Waals surface area (Å²) in [6, 6.07) is 9.00. The second-order valence-corrected chi connectivity index (χ2v) is 8.05. The van der Waals surface area contributed by atoms with Crippen molar-refractivity contribution in [1.29, 1.82) is 0 Å². The highest BCUT2D eigenvalue weighted by Crippen LogP contribution is 2.37. The fourth-order valence-corrected chi connectivity index (χ4v) is 3.98. The molecule has 0 saturated carbocycles. The number of nitrogens with one attached hydrogen (secondary N) is 1. The largest absolute Gasteiger partial charge is 0.467 e. The molecule has 0 fully saturated rings. The fourth-order valence-electron chi connectivity index (χ4n) is 1.58. The molecule has 0 aliphatic carbocycles. The van der Waals surface area contributed by atoms with E-state index in [2.05, 4.69) is 53.1 Å². The molecule has 7 heteroatoms. The Bertz CT molecular complexity index is 593. The maximum atomic E-state index is 12.0. The molecular formula is C13H10Br3NO2S. The first-order valence-corrected chi connectivity index (χ1v) is 8.75. The number of carbonyl (C=O) groups is 1. The molecule has 20 heavy (non-hydrogen) atoms. The summed E-state index contributed by atoms with van der Waals surface area (Å²) in [6.45, 7) is 0. The van der Waals surface area contributed by atoms with E-state index in [4.69, 9.17) is 4.74 Å². The van der Waals surface area contributed by atoms with E-state index < -0.39 is 6.04 Å². The van der Waals surface area contributed by atoms with Gasteiger partial charge in [0.25, 0.3) is 0 Å². The summed E-state index contributed by atoms with van der Waals surface area (Å²) in [5.41, 5.74) is 0.851. The summed E-state index contributed by atoms with van der Waals surface area (Å²) in [5, 5.41) is 3.19. The summed E-state index contributed by atoms with van der Waals surface area (Å²) < 4.78 is 7.73.